The molecule has 8 heteroatoms. The highest BCUT2D eigenvalue weighted by Gasteiger charge is 2.23. The molecule has 2 fully saturated rings. The summed E-state index contributed by atoms with van der Waals surface area (Å²) in [6, 6.07) is 8.18. The van der Waals surface area contributed by atoms with Crippen molar-refractivity contribution < 1.29 is 9.53 Å². The SMILES string of the molecule is CCNC(=NCC(=O)N1CCCC1)NCC(c1ccc(Cl)cc1)N1CCOCC1. The van der Waals surface area contributed by atoms with Gasteiger partial charge in [0.2, 0.25) is 5.91 Å². The van der Waals surface area contributed by atoms with Gasteiger partial charge in [0.25, 0.3) is 0 Å². The van der Waals surface area contributed by atoms with Gasteiger partial charge in [-0.3, -0.25) is 9.69 Å². The van der Waals surface area contributed by atoms with Crippen LogP contribution >= 0.6 is 11.6 Å². The smallest absolute Gasteiger partial charge is 0.244 e. The molecule has 2 aliphatic heterocycles. The zero-order chi connectivity index (χ0) is 20.5. The monoisotopic (exact) mass is 421 g/mol. The number of hydrogen-bond donors (Lipinski definition) is 2. The highest BCUT2D eigenvalue weighted by Crippen LogP contribution is 2.23. The lowest BCUT2D eigenvalue weighted by molar-refractivity contribution is -0.128. The molecule has 2 heterocycles. The molecule has 0 saturated carbocycles. The van der Waals surface area contributed by atoms with Crippen LogP contribution in [-0.2, 0) is 9.53 Å². The molecule has 7 nitrogen and oxygen atoms in total. The standard InChI is InChI=1S/C21H32ClN5O2/c1-2-23-21(25-16-20(28)27-9-3-4-10-27)24-15-19(26-11-13-29-14-12-26)17-5-7-18(22)8-6-17/h5-8,19H,2-4,9-16H2,1H3,(H2,23,24,25). The second-order valence-electron chi connectivity index (χ2n) is 7.38. The Morgan fingerprint density at radius 1 is 1.14 bits per heavy atom. The number of hydrogen-bond acceptors (Lipinski definition) is 4. The third-order valence-corrected chi connectivity index (χ3v) is 5.63. The van der Waals surface area contributed by atoms with Gasteiger partial charge in [-0.2, -0.15) is 0 Å². The summed E-state index contributed by atoms with van der Waals surface area (Å²) in [4.78, 5) is 21.2. The number of guanidine groups is 1. The highest BCUT2D eigenvalue weighted by molar-refractivity contribution is 6.30. The molecule has 3 rings (SSSR count). The zero-order valence-electron chi connectivity index (χ0n) is 17.2. The number of nitrogens with one attached hydrogen (secondary N) is 2. The maximum Gasteiger partial charge on any atom is 0.244 e. The Kier molecular flexibility index (Phi) is 8.58. The van der Waals surface area contributed by atoms with Crippen LogP contribution in [0.2, 0.25) is 5.02 Å². The number of carbonyl (C=O) groups excluding carboxylic acids is 1. The summed E-state index contributed by atoms with van der Waals surface area (Å²) in [7, 11) is 0. The predicted molar refractivity (Wildman–Crippen MR) is 116 cm³/mol. The van der Waals surface area contributed by atoms with Gasteiger partial charge in [0.1, 0.15) is 6.54 Å². The van der Waals surface area contributed by atoms with Crippen molar-refractivity contribution in [2.75, 3.05) is 59.0 Å². The van der Waals surface area contributed by atoms with Crippen molar-refractivity contribution in [3.05, 3.63) is 34.9 Å². The minimum atomic E-state index is 0.0992. The molecule has 0 aliphatic carbocycles. The number of ether oxygens (including phenoxy) is 1. The fourth-order valence-electron chi connectivity index (χ4n) is 3.78. The number of likely N-dealkylation sites (tertiary alicyclic amines) is 1. The molecule has 2 aliphatic rings. The Hall–Kier alpha value is -1.83. The molecular weight excluding hydrogens is 390 g/mol. The zero-order valence-corrected chi connectivity index (χ0v) is 18.0. The number of morpholine rings is 1. The molecule has 29 heavy (non-hydrogen) atoms. The molecule has 0 spiro atoms. The van der Waals surface area contributed by atoms with E-state index in [9.17, 15) is 4.79 Å². The first-order valence-corrected chi connectivity index (χ1v) is 10.9. The van der Waals surface area contributed by atoms with E-state index in [0.717, 1.165) is 63.8 Å². The van der Waals surface area contributed by atoms with Crippen LogP contribution in [0.25, 0.3) is 0 Å². The van der Waals surface area contributed by atoms with Gasteiger partial charge >= 0.3 is 0 Å². The molecular formula is C21H32ClN5O2. The quantitative estimate of drug-likeness (QED) is 0.519. The molecule has 0 aromatic heterocycles. The first-order valence-electron chi connectivity index (χ1n) is 10.5. The minimum absolute atomic E-state index is 0.0992. The van der Waals surface area contributed by atoms with E-state index in [4.69, 9.17) is 16.3 Å². The molecule has 1 atom stereocenters. The normalized spacial score (nSPS) is 19.2. The summed E-state index contributed by atoms with van der Waals surface area (Å²) in [6.07, 6.45) is 2.19. The van der Waals surface area contributed by atoms with Crippen LogP contribution in [0.1, 0.15) is 31.4 Å². The number of rotatable bonds is 7. The predicted octanol–water partition coefficient (Wildman–Crippen LogP) is 1.89. The van der Waals surface area contributed by atoms with Gasteiger partial charge < -0.3 is 20.3 Å². The lowest BCUT2D eigenvalue weighted by Crippen LogP contribution is -2.46. The number of halogens is 1. The van der Waals surface area contributed by atoms with Crippen molar-refractivity contribution in [2.45, 2.75) is 25.8 Å². The van der Waals surface area contributed by atoms with Crippen LogP contribution in [0.5, 0.6) is 0 Å². The number of amides is 1. The Balaban J connectivity index is 1.64. The molecule has 0 bridgehead atoms. The van der Waals surface area contributed by atoms with Crippen LogP contribution in [-0.4, -0.2) is 80.7 Å². The lowest BCUT2D eigenvalue weighted by atomic mass is 10.0. The Labute approximate surface area is 178 Å². The average Bonchev–Trinajstić information content (AvgIpc) is 3.29. The van der Waals surface area contributed by atoms with Crippen molar-refractivity contribution in [3.8, 4) is 0 Å². The fraction of sp³-hybridized carbons (Fsp3) is 0.619. The van der Waals surface area contributed by atoms with Crippen molar-refractivity contribution in [1.29, 1.82) is 0 Å². The summed E-state index contributed by atoms with van der Waals surface area (Å²) in [5.74, 6) is 0.773. The van der Waals surface area contributed by atoms with Gasteiger partial charge in [-0.05, 0) is 37.5 Å². The van der Waals surface area contributed by atoms with Gasteiger partial charge in [0.05, 0.1) is 19.3 Å². The molecule has 1 unspecified atom stereocenters. The molecule has 2 saturated heterocycles. The molecule has 2 N–H and O–H groups in total. The van der Waals surface area contributed by atoms with E-state index in [2.05, 4.69) is 32.7 Å². The topological polar surface area (TPSA) is 69.2 Å². The Bertz CT molecular complexity index is 670. The number of benzene rings is 1. The van der Waals surface area contributed by atoms with Crippen molar-refractivity contribution >= 4 is 23.5 Å². The highest BCUT2D eigenvalue weighted by atomic mass is 35.5. The van der Waals surface area contributed by atoms with E-state index in [1.54, 1.807) is 0 Å². The van der Waals surface area contributed by atoms with E-state index in [1.165, 1.54) is 5.56 Å². The number of nitrogens with zero attached hydrogens (tertiary/aromatic N) is 3. The number of aliphatic imine (C=N–C) groups is 1. The molecule has 160 valence electrons. The molecule has 1 amide bonds. The molecule has 1 aromatic carbocycles. The minimum Gasteiger partial charge on any atom is -0.379 e. The summed E-state index contributed by atoms with van der Waals surface area (Å²) >= 11 is 6.08. The van der Waals surface area contributed by atoms with Crippen LogP contribution in [0.4, 0.5) is 0 Å². The third kappa shape index (κ3) is 6.59. The lowest BCUT2D eigenvalue weighted by Gasteiger charge is -2.35. The van der Waals surface area contributed by atoms with E-state index in [1.807, 2.05) is 24.0 Å². The van der Waals surface area contributed by atoms with Crippen molar-refractivity contribution in [1.82, 2.24) is 20.4 Å². The van der Waals surface area contributed by atoms with E-state index in [-0.39, 0.29) is 18.5 Å². The van der Waals surface area contributed by atoms with Crippen LogP contribution < -0.4 is 10.6 Å². The van der Waals surface area contributed by atoms with Crippen LogP contribution in [0, 0.1) is 0 Å². The second kappa shape index (κ2) is 11.4. The average molecular weight is 422 g/mol. The van der Waals surface area contributed by atoms with Crippen LogP contribution in [0.3, 0.4) is 0 Å². The maximum absolute atomic E-state index is 12.3. The summed E-state index contributed by atoms with van der Waals surface area (Å²) in [5, 5.41) is 7.42. The largest absolute Gasteiger partial charge is 0.379 e. The summed E-state index contributed by atoms with van der Waals surface area (Å²) < 4.78 is 5.52. The Morgan fingerprint density at radius 2 is 1.83 bits per heavy atom. The summed E-state index contributed by atoms with van der Waals surface area (Å²) in [6.45, 7) is 8.59. The van der Waals surface area contributed by atoms with Gasteiger partial charge in [-0.1, -0.05) is 23.7 Å². The number of carbonyl (C=O) groups is 1. The maximum atomic E-state index is 12.3. The van der Waals surface area contributed by atoms with E-state index < -0.39 is 0 Å². The van der Waals surface area contributed by atoms with Crippen LogP contribution in [0.15, 0.2) is 29.3 Å². The first-order chi connectivity index (χ1) is 14.2. The van der Waals surface area contributed by atoms with Gasteiger partial charge in [-0.15, -0.1) is 0 Å². The van der Waals surface area contributed by atoms with E-state index in [0.29, 0.717) is 12.5 Å². The van der Waals surface area contributed by atoms with Crippen molar-refractivity contribution in [3.63, 3.8) is 0 Å². The van der Waals surface area contributed by atoms with Gasteiger partial charge in [-0.25, -0.2) is 4.99 Å². The Morgan fingerprint density at radius 3 is 2.48 bits per heavy atom. The van der Waals surface area contributed by atoms with Gasteiger partial charge in [0, 0.05) is 44.3 Å². The second-order valence-corrected chi connectivity index (χ2v) is 7.82. The fourth-order valence-corrected chi connectivity index (χ4v) is 3.91. The third-order valence-electron chi connectivity index (χ3n) is 5.38. The van der Waals surface area contributed by atoms with Gasteiger partial charge in [0.15, 0.2) is 5.96 Å². The van der Waals surface area contributed by atoms with Crippen molar-refractivity contribution in [2.24, 2.45) is 4.99 Å². The van der Waals surface area contributed by atoms with E-state index >= 15 is 0 Å². The molecule has 0 radical (unpaired) electrons. The first kappa shape index (κ1) is 21.9. The summed E-state index contributed by atoms with van der Waals surface area (Å²) in [5.41, 5.74) is 1.20. The molecule has 1 aromatic rings.